The number of aryl methyl sites for hydroxylation is 1. The van der Waals surface area contributed by atoms with Crippen LogP contribution in [0.5, 0.6) is 17.2 Å². The topological polar surface area (TPSA) is 73.7 Å². The monoisotopic (exact) mass is 438 g/mol. The molecule has 3 heterocycles. The molecular weight excluding hydrogens is 419 g/mol. The van der Waals surface area contributed by atoms with E-state index < -0.39 is 12.2 Å². The average Bonchev–Trinajstić information content (AvgIpc) is 3.18. The van der Waals surface area contributed by atoms with Gasteiger partial charge in [0.1, 0.15) is 47.4 Å². The molecular formula is C23H19FN2O4S. The smallest absolute Gasteiger partial charge is 0.163 e. The van der Waals surface area contributed by atoms with E-state index in [0.29, 0.717) is 28.3 Å². The second kappa shape index (κ2) is 8.13. The zero-order valence-electron chi connectivity index (χ0n) is 16.6. The van der Waals surface area contributed by atoms with Gasteiger partial charge < -0.3 is 19.3 Å². The molecule has 2 atom stereocenters. The lowest BCUT2D eigenvalue weighted by molar-refractivity contribution is -0.0106. The quantitative estimate of drug-likeness (QED) is 0.491. The number of hydrogen-bond acceptors (Lipinski definition) is 7. The molecule has 0 spiro atoms. The van der Waals surface area contributed by atoms with E-state index in [2.05, 4.69) is 9.97 Å². The van der Waals surface area contributed by atoms with Crippen LogP contribution in [0.4, 0.5) is 4.39 Å². The number of rotatable bonds is 5. The third-order valence-electron chi connectivity index (χ3n) is 4.98. The van der Waals surface area contributed by atoms with Gasteiger partial charge in [-0.05, 0) is 49.4 Å². The standard InChI is InChI=1S/C23H19FN2O4S/c1-13-2-4-16(10-25-13)30-20-11-29-19-6-5-15(9-17(19)23(20)27)28-12-22-26-18-8-14(24)3-7-21(18)31-22/h2-10,20,23,27H,11-12H2,1H3/t20-,23+/m0/s1. The molecule has 0 bridgehead atoms. The zero-order chi connectivity index (χ0) is 21.4. The minimum atomic E-state index is -0.876. The van der Waals surface area contributed by atoms with Crippen LogP contribution in [0.25, 0.3) is 10.2 Å². The summed E-state index contributed by atoms with van der Waals surface area (Å²) in [7, 11) is 0. The predicted octanol–water partition coefficient (Wildman–Crippen LogP) is 4.59. The summed E-state index contributed by atoms with van der Waals surface area (Å²) in [6, 6.07) is 13.5. The summed E-state index contributed by atoms with van der Waals surface area (Å²) < 4.78 is 31.8. The summed E-state index contributed by atoms with van der Waals surface area (Å²) in [6.45, 7) is 2.36. The summed E-state index contributed by atoms with van der Waals surface area (Å²) in [4.78, 5) is 8.62. The molecule has 1 aliphatic rings. The summed E-state index contributed by atoms with van der Waals surface area (Å²) in [5.41, 5.74) is 2.10. The van der Waals surface area contributed by atoms with Crippen LogP contribution in [0.3, 0.4) is 0 Å². The van der Waals surface area contributed by atoms with Crippen molar-refractivity contribution in [1.29, 1.82) is 0 Å². The molecule has 0 aliphatic carbocycles. The van der Waals surface area contributed by atoms with Gasteiger partial charge in [-0.2, -0.15) is 0 Å². The summed E-state index contributed by atoms with van der Waals surface area (Å²) in [5.74, 6) is 1.43. The first-order valence-electron chi connectivity index (χ1n) is 9.77. The lowest BCUT2D eigenvalue weighted by atomic mass is 10.0. The second-order valence-corrected chi connectivity index (χ2v) is 8.37. The van der Waals surface area contributed by atoms with Gasteiger partial charge in [0.05, 0.1) is 16.4 Å². The Balaban J connectivity index is 1.30. The van der Waals surface area contributed by atoms with Gasteiger partial charge in [-0.1, -0.05) is 0 Å². The molecule has 0 saturated heterocycles. The molecule has 2 aromatic carbocycles. The number of benzene rings is 2. The largest absolute Gasteiger partial charge is 0.489 e. The van der Waals surface area contributed by atoms with E-state index in [1.54, 1.807) is 30.5 Å². The Morgan fingerprint density at radius 3 is 2.87 bits per heavy atom. The fraction of sp³-hybridized carbons (Fsp3) is 0.217. The van der Waals surface area contributed by atoms with Gasteiger partial charge in [0.15, 0.2) is 6.10 Å². The third kappa shape index (κ3) is 4.17. The molecule has 6 nitrogen and oxygen atoms in total. The van der Waals surface area contributed by atoms with Crippen molar-refractivity contribution in [3.05, 3.63) is 76.8 Å². The highest BCUT2D eigenvalue weighted by atomic mass is 32.1. The molecule has 4 aromatic rings. The van der Waals surface area contributed by atoms with Crippen molar-refractivity contribution in [2.45, 2.75) is 25.7 Å². The normalized spacial score (nSPS) is 17.8. The highest BCUT2D eigenvalue weighted by Crippen LogP contribution is 2.36. The van der Waals surface area contributed by atoms with E-state index in [-0.39, 0.29) is 19.0 Å². The number of ether oxygens (including phenoxy) is 3. The maximum atomic E-state index is 13.4. The number of fused-ring (bicyclic) bond motifs is 2. The van der Waals surface area contributed by atoms with Crippen molar-refractivity contribution in [3.8, 4) is 17.2 Å². The van der Waals surface area contributed by atoms with Crippen molar-refractivity contribution in [3.63, 3.8) is 0 Å². The van der Waals surface area contributed by atoms with Gasteiger partial charge >= 0.3 is 0 Å². The van der Waals surface area contributed by atoms with Crippen molar-refractivity contribution in [2.24, 2.45) is 0 Å². The van der Waals surface area contributed by atoms with E-state index in [9.17, 15) is 9.50 Å². The molecule has 5 rings (SSSR count). The molecule has 0 fully saturated rings. The molecule has 8 heteroatoms. The fourth-order valence-electron chi connectivity index (χ4n) is 3.39. The highest BCUT2D eigenvalue weighted by molar-refractivity contribution is 7.18. The Labute approximate surface area is 181 Å². The van der Waals surface area contributed by atoms with Crippen LogP contribution in [0.1, 0.15) is 22.4 Å². The third-order valence-corrected chi connectivity index (χ3v) is 5.99. The molecule has 0 unspecified atom stereocenters. The first-order chi connectivity index (χ1) is 15.0. The second-order valence-electron chi connectivity index (χ2n) is 7.26. The van der Waals surface area contributed by atoms with Gasteiger partial charge in [0.2, 0.25) is 0 Å². The molecule has 1 N–H and O–H groups in total. The van der Waals surface area contributed by atoms with Crippen LogP contribution in [0.15, 0.2) is 54.7 Å². The van der Waals surface area contributed by atoms with Crippen molar-refractivity contribution in [1.82, 2.24) is 9.97 Å². The van der Waals surface area contributed by atoms with Crippen LogP contribution in [-0.2, 0) is 6.61 Å². The number of pyridine rings is 1. The van der Waals surface area contributed by atoms with E-state index in [1.807, 2.05) is 19.1 Å². The van der Waals surface area contributed by atoms with Gasteiger partial charge in [-0.3, -0.25) is 4.98 Å². The number of hydrogen-bond donors (Lipinski definition) is 1. The molecule has 2 aromatic heterocycles. The highest BCUT2D eigenvalue weighted by Gasteiger charge is 2.31. The van der Waals surface area contributed by atoms with E-state index in [0.717, 1.165) is 15.4 Å². The van der Waals surface area contributed by atoms with Crippen LogP contribution >= 0.6 is 11.3 Å². The van der Waals surface area contributed by atoms with Crippen molar-refractivity contribution in [2.75, 3.05) is 6.61 Å². The number of thiazole rings is 1. The number of aliphatic hydroxyl groups excluding tert-OH is 1. The van der Waals surface area contributed by atoms with Gasteiger partial charge in [0.25, 0.3) is 0 Å². The van der Waals surface area contributed by atoms with E-state index >= 15 is 0 Å². The maximum absolute atomic E-state index is 13.4. The number of halogens is 1. The number of aliphatic hydroxyl groups is 1. The predicted molar refractivity (Wildman–Crippen MR) is 114 cm³/mol. The van der Waals surface area contributed by atoms with Crippen LogP contribution in [0.2, 0.25) is 0 Å². The SMILES string of the molecule is Cc1ccc(O[C@H]2COc3ccc(OCc4nc5cc(F)ccc5s4)cc3[C@H]2O)cn1. The van der Waals surface area contributed by atoms with Crippen LogP contribution < -0.4 is 14.2 Å². The van der Waals surface area contributed by atoms with Gasteiger partial charge in [-0.25, -0.2) is 9.37 Å². The lowest BCUT2D eigenvalue weighted by Gasteiger charge is -2.30. The Morgan fingerprint density at radius 2 is 2.03 bits per heavy atom. The number of nitrogens with zero attached hydrogens (tertiary/aromatic N) is 2. The molecule has 1 aliphatic heterocycles. The average molecular weight is 438 g/mol. The van der Waals surface area contributed by atoms with Crippen molar-refractivity contribution >= 4 is 21.6 Å². The minimum absolute atomic E-state index is 0.227. The Kier molecular flexibility index (Phi) is 5.17. The van der Waals surface area contributed by atoms with E-state index in [4.69, 9.17) is 14.2 Å². The van der Waals surface area contributed by atoms with Gasteiger partial charge in [0, 0.05) is 17.3 Å². The summed E-state index contributed by atoms with van der Waals surface area (Å²) in [6.07, 6.45) is 0.187. The molecule has 0 saturated carbocycles. The molecule has 0 amide bonds. The first-order valence-corrected chi connectivity index (χ1v) is 10.6. The first kappa shape index (κ1) is 19.7. The Hall–Kier alpha value is -3.23. The molecule has 31 heavy (non-hydrogen) atoms. The molecule has 158 valence electrons. The minimum Gasteiger partial charge on any atom is -0.489 e. The summed E-state index contributed by atoms with van der Waals surface area (Å²) >= 11 is 1.45. The van der Waals surface area contributed by atoms with Gasteiger partial charge in [-0.15, -0.1) is 11.3 Å². The fourth-order valence-corrected chi connectivity index (χ4v) is 4.26. The zero-order valence-corrected chi connectivity index (χ0v) is 17.4. The lowest BCUT2D eigenvalue weighted by Crippen LogP contribution is -2.35. The number of aromatic nitrogens is 2. The Bertz CT molecular complexity index is 1230. The summed E-state index contributed by atoms with van der Waals surface area (Å²) in [5, 5.41) is 11.6. The van der Waals surface area contributed by atoms with E-state index in [1.165, 1.54) is 23.5 Å². The Morgan fingerprint density at radius 1 is 1.16 bits per heavy atom. The molecule has 0 radical (unpaired) electrons. The van der Waals surface area contributed by atoms with Crippen LogP contribution in [0, 0.1) is 12.7 Å². The van der Waals surface area contributed by atoms with Crippen molar-refractivity contribution < 1.29 is 23.7 Å². The van der Waals surface area contributed by atoms with Crippen LogP contribution in [-0.4, -0.2) is 27.8 Å². The maximum Gasteiger partial charge on any atom is 0.163 e.